The molecule has 0 saturated carbocycles. The number of benzene rings is 2. The van der Waals surface area contributed by atoms with E-state index in [4.69, 9.17) is 10.5 Å². The second-order valence-corrected chi connectivity index (χ2v) is 6.22. The molecule has 122 valence electrons. The molecule has 0 radical (unpaired) electrons. The van der Waals surface area contributed by atoms with Crippen molar-refractivity contribution in [3.63, 3.8) is 0 Å². The van der Waals surface area contributed by atoms with Crippen LogP contribution in [0.15, 0.2) is 53.4 Å². The van der Waals surface area contributed by atoms with Crippen LogP contribution in [0.4, 0.5) is 0 Å². The third-order valence-electron chi connectivity index (χ3n) is 3.58. The molecule has 2 N–H and O–H groups in total. The average Bonchev–Trinajstić information content (AvgIpc) is 2.60. The van der Waals surface area contributed by atoms with Crippen molar-refractivity contribution in [2.24, 2.45) is 5.73 Å². The first-order valence-corrected chi connectivity index (χ1v) is 9.02. The van der Waals surface area contributed by atoms with Crippen LogP contribution in [0.5, 0.6) is 0 Å². The molecule has 2 aromatic rings. The number of nitrogens with two attached hydrogens (primary N) is 1. The van der Waals surface area contributed by atoms with Gasteiger partial charge in [-0.2, -0.15) is 0 Å². The highest BCUT2D eigenvalue weighted by Gasteiger charge is 2.15. The van der Waals surface area contributed by atoms with Crippen LogP contribution in [0.3, 0.4) is 0 Å². The van der Waals surface area contributed by atoms with E-state index < -0.39 is 6.04 Å². The zero-order chi connectivity index (χ0) is 16.7. The lowest BCUT2D eigenvalue weighted by Gasteiger charge is -2.12. The molecule has 0 aliphatic heterocycles. The summed E-state index contributed by atoms with van der Waals surface area (Å²) >= 11 is 1.74. The lowest BCUT2D eigenvalue weighted by atomic mass is 10.0. The van der Waals surface area contributed by atoms with E-state index in [1.54, 1.807) is 11.8 Å². The lowest BCUT2D eigenvalue weighted by molar-refractivity contribution is -0.145. The molecule has 0 heterocycles. The largest absolute Gasteiger partial charge is 0.465 e. The van der Waals surface area contributed by atoms with Gasteiger partial charge in [0.15, 0.2) is 0 Å². The number of esters is 1. The maximum absolute atomic E-state index is 11.7. The molecule has 0 saturated heterocycles. The number of hydrogen-bond acceptors (Lipinski definition) is 4. The van der Waals surface area contributed by atoms with Gasteiger partial charge in [0.05, 0.1) is 6.61 Å². The number of carbonyl (C=O) groups is 1. The van der Waals surface area contributed by atoms with Gasteiger partial charge in [0, 0.05) is 4.90 Å². The van der Waals surface area contributed by atoms with E-state index in [-0.39, 0.29) is 5.97 Å². The summed E-state index contributed by atoms with van der Waals surface area (Å²) < 4.78 is 5.08. The minimum atomic E-state index is -0.606. The Morgan fingerprint density at radius 1 is 1.17 bits per heavy atom. The second kappa shape index (κ2) is 8.75. The average molecular weight is 329 g/mol. The van der Waals surface area contributed by atoms with Crippen molar-refractivity contribution >= 4 is 17.7 Å². The summed E-state index contributed by atoms with van der Waals surface area (Å²) in [4.78, 5) is 13.0. The maximum Gasteiger partial charge on any atom is 0.323 e. The van der Waals surface area contributed by atoms with Gasteiger partial charge in [0.2, 0.25) is 0 Å². The Kier molecular flexibility index (Phi) is 6.68. The molecule has 0 aliphatic rings. The molecule has 2 rings (SSSR count). The third kappa shape index (κ3) is 4.85. The smallest absolute Gasteiger partial charge is 0.323 e. The topological polar surface area (TPSA) is 52.3 Å². The van der Waals surface area contributed by atoms with E-state index in [0.717, 1.165) is 12.0 Å². The SMILES string of the molecule is CCCOC(=O)[C@@H](N)Cc1ccc(-c2ccccc2SC)cc1. The fraction of sp³-hybridized carbons (Fsp3) is 0.316. The Hall–Kier alpha value is -1.78. The van der Waals surface area contributed by atoms with Gasteiger partial charge < -0.3 is 10.5 Å². The first-order chi connectivity index (χ1) is 11.2. The molecule has 0 fully saturated rings. The number of rotatable bonds is 7. The maximum atomic E-state index is 11.7. The van der Waals surface area contributed by atoms with Crippen LogP contribution in [-0.4, -0.2) is 24.9 Å². The van der Waals surface area contributed by atoms with E-state index in [1.165, 1.54) is 16.0 Å². The van der Waals surface area contributed by atoms with Crippen molar-refractivity contribution in [1.29, 1.82) is 0 Å². The molecule has 0 unspecified atom stereocenters. The van der Waals surface area contributed by atoms with Crippen molar-refractivity contribution in [1.82, 2.24) is 0 Å². The van der Waals surface area contributed by atoms with Crippen molar-refractivity contribution in [3.05, 3.63) is 54.1 Å². The minimum absolute atomic E-state index is 0.330. The molecule has 1 atom stereocenters. The molecule has 0 amide bonds. The van der Waals surface area contributed by atoms with E-state index in [2.05, 4.69) is 30.5 Å². The summed E-state index contributed by atoms with van der Waals surface area (Å²) in [5, 5.41) is 0. The van der Waals surface area contributed by atoms with Gasteiger partial charge in [-0.1, -0.05) is 49.4 Å². The summed E-state index contributed by atoms with van der Waals surface area (Å²) in [6.45, 7) is 2.39. The molecule has 3 nitrogen and oxygen atoms in total. The van der Waals surface area contributed by atoms with Crippen molar-refractivity contribution in [2.45, 2.75) is 30.7 Å². The monoisotopic (exact) mass is 329 g/mol. The highest BCUT2D eigenvalue weighted by Crippen LogP contribution is 2.30. The Bertz CT molecular complexity index is 640. The third-order valence-corrected chi connectivity index (χ3v) is 4.37. The fourth-order valence-electron chi connectivity index (χ4n) is 2.35. The zero-order valence-corrected chi connectivity index (χ0v) is 14.4. The summed E-state index contributed by atoms with van der Waals surface area (Å²) in [5.74, 6) is -0.330. The van der Waals surface area contributed by atoms with Gasteiger partial charge in [-0.15, -0.1) is 11.8 Å². The van der Waals surface area contributed by atoms with Crippen LogP contribution in [-0.2, 0) is 16.0 Å². The lowest BCUT2D eigenvalue weighted by Crippen LogP contribution is -2.34. The minimum Gasteiger partial charge on any atom is -0.465 e. The molecule has 0 aromatic heterocycles. The van der Waals surface area contributed by atoms with E-state index in [0.29, 0.717) is 13.0 Å². The van der Waals surface area contributed by atoms with Crippen molar-refractivity contribution in [3.8, 4) is 11.1 Å². The summed E-state index contributed by atoms with van der Waals surface area (Å²) in [7, 11) is 0. The molecule has 4 heteroatoms. The number of carbonyl (C=O) groups excluding carboxylic acids is 1. The Morgan fingerprint density at radius 3 is 2.52 bits per heavy atom. The predicted octanol–water partition coefficient (Wildman–Crippen LogP) is 3.90. The fourth-order valence-corrected chi connectivity index (χ4v) is 2.97. The Balaban J connectivity index is 2.06. The summed E-state index contributed by atoms with van der Waals surface area (Å²) in [6.07, 6.45) is 3.38. The summed E-state index contributed by atoms with van der Waals surface area (Å²) in [6, 6.07) is 15.9. The van der Waals surface area contributed by atoms with E-state index >= 15 is 0 Å². The van der Waals surface area contributed by atoms with Gasteiger partial charge >= 0.3 is 5.97 Å². The Morgan fingerprint density at radius 2 is 1.87 bits per heavy atom. The molecule has 23 heavy (non-hydrogen) atoms. The quantitative estimate of drug-likeness (QED) is 0.618. The number of ether oxygens (including phenoxy) is 1. The first-order valence-electron chi connectivity index (χ1n) is 7.80. The molecular weight excluding hydrogens is 306 g/mol. The van der Waals surface area contributed by atoms with Crippen LogP contribution >= 0.6 is 11.8 Å². The van der Waals surface area contributed by atoms with Crippen LogP contribution in [0.1, 0.15) is 18.9 Å². The van der Waals surface area contributed by atoms with Crippen LogP contribution in [0, 0.1) is 0 Å². The van der Waals surface area contributed by atoms with Gasteiger partial charge in [0.1, 0.15) is 6.04 Å². The van der Waals surface area contributed by atoms with Crippen LogP contribution in [0.25, 0.3) is 11.1 Å². The van der Waals surface area contributed by atoms with Gasteiger partial charge in [0.25, 0.3) is 0 Å². The van der Waals surface area contributed by atoms with Crippen molar-refractivity contribution in [2.75, 3.05) is 12.9 Å². The first kappa shape index (κ1) is 17.6. The normalized spacial score (nSPS) is 12.0. The van der Waals surface area contributed by atoms with Gasteiger partial charge in [-0.25, -0.2) is 0 Å². The van der Waals surface area contributed by atoms with Crippen LogP contribution < -0.4 is 5.73 Å². The molecular formula is C19H23NO2S. The number of thioether (sulfide) groups is 1. The van der Waals surface area contributed by atoms with Crippen LogP contribution in [0.2, 0.25) is 0 Å². The highest BCUT2D eigenvalue weighted by atomic mass is 32.2. The zero-order valence-electron chi connectivity index (χ0n) is 13.6. The van der Waals surface area contributed by atoms with Gasteiger partial charge in [-0.05, 0) is 41.9 Å². The van der Waals surface area contributed by atoms with Gasteiger partial charge in [-0.3, -0.25) is 4.79 Å². The summed E-state index contributed by atoms with van der Waals surface area (Å²) in [5.41, 5.74) is 9.33. The molecule has 0 spiro atoms. The Labute approximate surface area is 142 Å². The molecule has 0 aliphatic carbocycles. The second-order valence-electron chi connectivity index (χ2n) is 5.38. The van der Waals surface area contributed by atoms with E-state index in [1.807, 2.05) is 31.2 Å². The highest BCUT2D eigenvalue weighted by molar-refractivity contribution is 7.98. The number of hydrogen-bond donors (Lipinski definition) is 1. The molecule has 2 aromatic carbocycles. The predicted molar refractivity (Wildman–Crippen MR) is 96.6 cm³/mol. The standard InChI is InChI=1S/C19H23NO2S/c1-3-12-22-19(21)17(20)13-14-8-10-15(11-9-14)16-6-4-5-7-18(16)23-2/h4-11,17H,3,12-13,20H2,1-2H3/t17-/m0/s1. The molecule has 0 bridgehead atoms. The van der Waals surface area contributed by atoms with E-state index in [9.17, 15) is 4.79 Å². The van der Waals surface area contributed by atoms with Crippen molar-refractivity contribution < 1.29 is 9.53 Å².